The Morgan fingerprint density at radius 3 is 2.44 bits per heavy atom. The smallest absolute Gasteiger partial charge is 0.497 e. The summed E-state index contributed by atoms with van der Waals surface area (Å²) in [7, 11) is 3.11. The van der Waals surface area contributed by atoms with Gasteiger partial charge in [-0.05, 0) is 43.2 Å². The number of hydrogen-bond donors (Lipinski definition) is 1. The molecule has 0 amide bonds. The molecule has 212 valence electrons. The molecule has 2 aliphatic heterocycles. The van der Waals surface area contributed by atoms with E-state index >= 15 is 0 Å². The van der Waals surface area contributed by atoms with E-state index < -0.39 is 28.2 Å². The van der Waals surface area contributed by atoms with E-state index in [4.69, 9.17) is 19.4 Å². The minimum absolute atomic E-state index is 0.186. The van der Waals surface area contributed by atoms with Crippen molar-refractivity contribution in [3.05, 3.63) is 35.5 Å². The zero-order valence-corrected chi connectivity index (χ0v) is 23.8. The highest BCUT2D eigenvalue weighted by Gasteiger charge is 2.52. The maximum absolute atomic E-state index is 13.7. The minimum Gasteiger partial charge on any atom is -0.497 e. The summed E-state index contributed by atoms with van der Waals surface area (Å²) >= 11 is 0. The van der Waals surface area contributed by atoms with Crippen molar-refractivity contribution < 1.29 is 37.3 Å². The standard InChI is InChI=1S/C25H34N6O7S/c1-16-13-19(36-6)14-17(2)22(16)39(34,35)15-21-28-24(37-25(32)33)38-31(21,5)18-8-11-30(12-9-18)20-7-10-26-23(27-20)29(3)4/h7,10,13-14,18,24H,8-9,11-12,15H2,1-6H3/p+1. The van der Waals surface area contributed by atoms with Crippen molar-refractivity contribution in [2.75, 3.05) is 56.9 Å². The van der Waals surface area contributed by atoms with E-state index in [-0.39, 0.29) is 21.4 Å². The molecular weight excluding hydrogens is 528 g/mol. The highest BCUT2D eigenvalue weighted by atomic mass is 32.2. The molecule has 1 saturated heterocycles. The molecule has 0 radical (unpaired) electrons. The van der Waals surface area contributed by atoms with Gasteiger partial charge in [-0.25, -0.2) is 18.2 Å². The Kier molecular flexibility index (Phi) is 8.00. The molecule has 13 nitrogen and oxygen atoms in total. The van der Waals surface area contributed by atoms with E-state index in [9.17, 15) is 13.2 Å². The van der Waals surface area contributed by atoms with Crippen molar-refractivity contribution in [1.82, 2.24) is 9.97 Å². The maximum atomic E-state index is 13.7. The highest BCUT2D eigenvalue weighted by molar-refractivity contribution is 7.92. The number of anilines is 2. The van der Waals surface area contributed by atoms with Gasteiger partial charge in [-0.15, -0.1) is 9.48 Å². The molecule has 2 atom stereocenters. The SMILES string of the molecule is COc1cc(C)c(S(=O)(=O)CC2=NC(OC(=O)O)O[N+]2(C)C2CCN(c3ccnc(N(C)C)n3)CC2)c(C)c1. The van der Waals surface area contributed by atoms with E-state index in [1.807, 2.05) is 25.1 Å². The summed E-state index contributed by atoms with van der Waals surface area (Å²) in [6.45, 7) is 4.69. The molecule has 2 unspecified atom stereocenters. The summed E-state index contributed by atoms with van der Waals surface area (Å²) in [6.07, 6.45) is -0.0580. The predicted molar refractivity (Wildman–Crippen MR) is 144 cm³/mol. The van der Waals surface area contributed by atoms with E-state index in [1.54, 1.807) is 39.2 Å². The second-order valence-corrected chi connectivity index (χ2v) is 11.9. The molecule has 1 N–H and O–H groups in total. The number of aryl methyl sites for hydroxylation is 2. The monoisotopic (exact) mass is 563 g/mol. The fraction of sp³-hybridized carbons (Fsp3) is 0.520. The van der Waals surface area contributed by atoms with Gasteiger partial charge in [-0.2, -0.15) is 9.98 Å². The van der Waals surface area contributed by atoms with Crippen LogP contribution in [0, 0.1) is 13.8 Å². The van der Waals surface area contributed by atoms with Gasteiger partial charge in [0.2, 0.25) is 5.95 Å². The summed E-state index contributed by atoms with van der Waals surface area (Å²) < 4.78 is 37.1. The predicted octanol–water partition coefficient (Wildman–Crippen LogP) is 2.38. The Labute approximate surface area is 228 Å². The molecule has 2 aromatic rings. The average Bonchev–Trinajstić information content (AvgIpc) is 3.17. The Morgan fingerprint density at radius 2 is 1.87 bits per heavy atom. The van der Waals surface area contributed by atoms with Crippen molar-refractivity contribution in [2.45, 2.75) is 44.0 Å². The number of sulfone groups is 1. The van der Waals surface area contributed by atoms with E-state index in [1.165, 1.54) is 7.11 Å². The number of amidine groups is 1. The third-order valence-corrected chi connectivity index (χ3v) is 9.00. The summed E-state index contributed by atoms with van der Waals surface area (Å²) in [5.41, 5.74) is 1.10. The van der Waals surface area contributed by atoms with Crippen LogP contribution in [0.3, 0.4) is 0 Å². The molecule has 39 heavy (non-hydrogen) atoms. The Morgan fingerprint density at radius 1 is 1.23 bits per heavy atom. The van der Waals surface area contributed by atoms with Crippen molar-refractivity contribution in [3.63, 3.8) is 0 Å². The first-order valence-electron chi connectivity index (χ1n) is 12.5. The van der Waals surface area contributed by atoms with Gasteiger partial charge in [0.1, 0.15) is 24.7 Å². The van der Waals surface area contributed by atoms with Crippen molar-refractivity contribution in [3.8, 4) is 5.75 Å². The summed E-state index contributed by atoms with van der Waals surface area (Å²) in [6, 6.07) is 5.00. The first kappa shape index (κ1) is 28.5. The van der Waals surface area contributed by atoms with Crippen LogP contribution in [-0.2, 0) is 19.4 Å². The van der Waals surface area contributed by atoms with Gasteiger partial charge >= 0.3 is 12.6 Å². The Balaban J connectivity index is 1.58. The minimum atomic E-state index is -3.88. The van der Waals surface area contributed by atoms with Crippen molar-refractivity contribution >= 4 is 33.6 Å². The quantitative estimate of drug-likeness (QED) is 0.373. The van der Waals surface area contributed by atoms with Crippen molar-refractivity contribution in [2.24, 2.45) is 4.99 Å². The lowest BCUT2D eigenvalue weighted by Crippen LogP contribution is -2.59. The van der Waals surface area contributed by atoms with Crippen molar-refractivity contribution in [1.29, 1.82) is 0 Å². The van der Waals surface area contributed by atoms with Crippen LogP contribution in [0.1, 0.15) is 24.0 Å². The first-order chi connectivity index (χ1) is 18.3. The number of hydrogen-bond acceptors (Lipinski definition) is 11. The second-order valence-electron chi connectivity index (χ2n) is 10.0. The van der Waals surface area contributed by atoms with Crippen LogP contribution < -0.4 is 14.5 Å². The lowest BCUT2D eigenvalue weighted by atomic mass is 10.0. The largest absolute Gasteiger partial charge is 0.509 e. The van der Waals surface area contributed by atoms with Gasteiger partial charge in [0.05, 0.1) is 12.0 Å². The van der Waals surface area contributed by atoms with Gasteiger partial charge in [-0.3, -0.25) is 0 Å². The number of benzene rings is 1. The number of aromatic nitrogens is 2. The van der Waals surface area contributed by atoms with Gasteiger partial charge in [0.15, 0.2) is 15.6 Å². The molecule has 1 aromatic heterocycles. The first-order valence-corrected chi connectivity index (χ1v) is 14.1. The average molecular weight is 564 g/mol. The topological polar surface area (TPSA) is 144 Å². The molecule has 1 fully saturated rings. The fourth-order valence-corrected chi connectivity index (χ4v) is 7.10. The number of hydroxylamine groups is 3. The van der Waals surface area contributed by atoms with Gasteiger partial charge in [0, 0.05) is 46.2 Å². The maximum Gasteiger partial charge on any atom is 0.509 e. The Hall–Kier alpha value is -3.49. The summed E-state index contributed by atoms with van der Waals surface area (Å²) in [5.74, 6) is 1.70. The molecule has 2 aliphatic rings. The number of carbonyl (C=O) groups is 1. The molecule has 4 rings (SSSR count). The molecule has 0 saturated carbocycles. The Bertz CT molecular complexity index is 1350. The number of nitrogens with zero attached hydrogens (tertiary/aromatic N) is 6. The molecule has 1 aromatic carbocycles. The number of quaternary nitrogens is 1. The molecule has 0 aliphatic carbocycles. The summed E-state index contributed by atoms with van der Waals surface area (Å²) in [5, 5.41) is 9.16. The van der Waals surface area contributed by atoms with E-state index in [0.717, 1.165) is 5.82 Å². The zero-order valence-electron chi connectivity index (χ0n) is 23.0. The zero-order chi connectivity index (χ0) is 28.5. The number of ether oxygens (including phenoxy) is 2. The number of piperidine rings is 1. The molecular formula is C25H35N6O7S+. The normalized spacial score (nSPS) is 21.9. The number of rotatable bonds is 8. The molecule has 0 spiro atoms. The van der Waals surface area contributed by atoms with E-state index in [2.05, 4.69) is 19.9 Å². The number of aliphatic imine (C=N–C) groups is 1. The highest BCUT2D eigenvalue weighted by Crippen LogP contribution is 2.34. The molecule has 14 heteroatoms. The lowest BCUT2D eigenvalue weighted by molar-refractivity contribution is -1.04. The van der Waals surface area contributed by atoms with Crippen LogP contribution in [0.2, 0.25) is 0 Å². The lowest BCUT2D eigenvalue weighted by Gasteiger charge is -2.40. The number of methoxy groups -OCH3 is 1. The van der Waals surface area contributed by atoms with Crippen LogP contribution in [-0.4, -0.2) is 99.7 Å². The van der Waals surface area contributed by atoms with Gasteiger partial charge in [-0.1, -0.05) is 0 Å². The molecule has 0 bridgehead atoms. The van der Waals surface area contributed by atoms with E-state index in [0.29, 0.717) is 48.8 Å². The van der Waals surface area contributed by atoms with Crippen LogP contribution in [0.5, 0.6) is 5.75 Å². The van der Waals surface area contributed by atoms with Crippen LogP contribution in [0.25, 0.3) is 0 Å². The fourth-order valence-electron chi connectivity index (χ4n) is 5.18. The third kappa shape index (κ3) is 5.92. The van der Waals surface area contributed by atoms with Crippen LogP contribution in [0.4, 0.5) is 16.6 Å². The van der Waals surface area contributed by atoms with Crippen LogP contribution in [0.15, 0.2) is 34.3 Å². The molecule has 3 heterocycles. The van der Waals surface area contributed by atoms with Gasteiger partial charge in [0.25, 0.3) is 5.84 Å². The number of carboxylic acid groups (broad SMARTS) is 1. The van der Waals surface area contributed by atoms with Gasteiger partial charge < -0.3 is 24.4 Å². The van der Waals surface area contributed by atoms with Crippen LogP contribution >= 0.6 is 0 Å². The summed E-state index contributed by atoms with van der Waals surface area (Å²) in [4.78, 5) is 34.6. The second kappa shape index (κ2) is 10.9. The third-order valence-electron chi connectivity index (χ3n) is 7.09.